The molecule has 0 aromatic rings. The van der Waals surface area contributed by atoms with Crippen molar-refractivity contribution in [1.82, 2.24) is 5.32 Å². The van der Waals surface area contributed by atoms with Crippen LogP contribution in [0.25, 0.3) is 0 Å². The molecule has 0 aromatic heterocycles. The minimum Gasteiger partial charge on any atom is -0.480 e. The molecule has 2 N–H and O–H groups in total. The summed E-state index contributed by atoms with van der Waals surface area (Å²) in [6, 6.07) is 0. The Labute approximate surface area is 105 Å². The largest absolute Gasteiger partial charge is 0.480 e. The Morgan fingerprint density at radius 2 is 1.82 bits per heavy atom. The van der Waals surface area contributed by atoms with Crippen molar-refractivity contribution < 1.29 is 14.6 Å². The van der Waals surface area contributed by atoms with Crippen LogP contribution in [0.1, 0.15) is 39.5 Å². The molecule has 4 nitrogen and oxygen atoms in total. The predicted molar refractivity (Wildman–Crippen MR) is 71.3 cm³/mol. The molecule has 102 valence electrons. The van der Waals surface area contributed by atoms with Gasteiger partial charge in [-0.1, -0.05) is 32.8 Å². The fourth-order valence-corrected chi connectivity index (χ4v) is 0.876. The van der Waals surface area contributed by atoms with Gasteiger partial charge in [0.15, 0.2) is 0 Å². The molecule has 0 rings (SSSR count). The molecule has 0 aliphatic carbocycles. The molecule has 4 heteroatoms. The lowest BCUT2D eigenvalue weighted by Crippen LogP contribution is -2.21. The van der Waals surface area contributed by atoms with Crippen molar-refractivity contribution in [1.29, 1.82) is 0 Å². The van der Waals surface area contributed by atoms with E-state index in [1.807, 2.05) is 0 Å². The summed E-state index contributed by atoms with van der Waals surface area (Å²) in [7, 11) is 0. The van der Waals surface area contributed by atoms with E-state index in [1.165, 1.54) is 25.7 Å². The standard InChI is InChI=1S/C8H18O.C5H9NO2/c1-3-5-7-9-8-6-4-2;1-2-3-6-4-5(7)8/h3-8H2,1-2H3;2,6H,1,3-4H2,(H,7,8). The van der Waals surface area contributed by atoms with Crippen molar-refractivity contribution in [2.75, 3.05) is 26.3 Å². The second-order valence-electron chi connectivity index (χ2n) is 3.63. The number of hydrogen-bond acceptors (Lipinski definition) is 3. The van der Waals surface area contributed by atoms with Gasteiger partial charge in [0.1, 0.15) is 0 Å². The number of carboxylic acid groups (broad SMARTS) is 1. The molecule has 0 aromatic carbocycles. The zero-order chi connectivity index (χ0) is 13.4. The fraction of sp³-hybridized carbons (Fsp3) is 0.769. The predicted octanol–water partition coefficient (Wildman–Crippen LogP) is 2.45. The molecule has 0 aliphatic rings. The highest BCUT2D eigenvalue weighted by Crippen LogP contribution is 1.91. The van der Waals surface area contributed by atoms with Crippen LogP contribution in [-0.4, -0.2) is 37.4 Å². The van der Waals surface area contributed by atoms with Crippen molar-refractivity contribution in [2.45, 2.75) is 39.5 Å². The maximum absolute atomic E-state index is 9.78. The van der Waals surface area contributed by atoms with Gasteiger partial charge >= 0.3 is 5.97 Å². The maximum atomic E-state index is 9.78. The first-order chi connectivity index (χ1) is 8.18. The fourth-order valence-electron chi connectivity index (χ4n) is 0.876. The monoisotopic (exact) mass is 245 g/mol. The molecule has 17 heavy (non-hydrogen) atoms. The number of unbranched alkanes of at least 4 members (excludes halogenated alkanes) is 2. The average Bonchev–Trinajstić information content (AvgIpc) is 2.30. The van der Waals surface area contributed by atoms with Crippen LogP contribution in [0.2, 0.25) is 0 Å². The number of rotatable bonds is 10. The first-order valence-corrected chi connectivity index (χ1v) is 6.30. The minimum absolute atomic E-state index is 0.00597. The number of aliphatic carboxylic acids is 1. The molecule has 0 fully saturated rings. The lowest BCUT2D eigenvalue weighted by atomic mass is 10.3. The van der Waals surface area contributed by atoms with Gasteiger partial charge in [-0.05, 0) is 12.8 Å². The molecule has 0 bridgehead atoms. The van der Waals surface area contributed by atoms with Crippen LogP contribution in [0.4, 0.5) is 0 Å². The second kappa shape index (κ2) is 17.5. The second-order valence-corrected chi connectivity index (χ2v) is 3.63. The van der Waals surface area contributed by atoms with Crippen LogP contribution in [0, 0.1) is 0 Å². The third kappa shape index (κ3) is 25.4. The smallest absolute Gasteiger partial charge is 0.317 e. The van der Waals surface area contributed by atoms with Crippen molar-refractivity contribution in [3.05, 3.63) is 12.7 Å². The third-order valence-corrected chi connectivity index (χ3v) is 1.85. The van der Waals surface area contributed by atoms with Gasteiger partial charge in [-0.25, -0.2) is 0 Å². The lowest BCUT2D eigenvalue weighted by molar-refractivity contribution is -0.135. The minimum atomic E-state index is -0.841. The van der Waals surface area contributed by atoms with Gasteiger partial charge in [0.25, 0.3) is 0 Å². The molecule has 0 aliphatic heterocycles. The van der Waals surface area contributed by atoms with Gasteiger partial charge in [0.2, 0.25) is 0 Å². The number of nitrogens with one attached hydrogen (secondary N) is 1. The van der Waals surface area contributed by atoms with Crippen molar-refractivity contribution in [3.8, 4) is 0 Å². The molecular formula is C13H27NO3. The summed E-state index contributed by atoms with van der Waals surface area (Å²) in [6.07, 6.45) is 6.52. The van der Waals surface area contributed by atoms with E-state index in [9.17, 15) is 4.79 Å². The van der Waals surface area contributed by atoms with Gasteiger partial charge in [-0.3, -0.25) is 4.79 Å². The van der Waals surface area contributed by atoms with Gasteiger partial charge in [0.05, 0.1) is 6.54 Å². The van der Waals surface area contributed by atoms with Gasteiger partial charge < -0.3 is 15.2 Å². The van der Waals surface area contributed by atoms with Crippen LogP contribution in [-0.2, 0) is 9.53 Å². The average molecular weight is 245 g/mol. The number of carbonyl (C=O) groups is 1. The summed E-state index contributed by atoms with van der Waals surface area (Å²) in [5.41, 5.74) is 0. The van der Waals surface area contributed by atoms with E-state index in [0.29, 0.717) is 6.54 Å². The number of hydrogen-bond donors (Lipinski definition) is 2. The molecule has 0 unspecified atom stereocenters. The lowest BCUT2D eigenvalue weighted by Gasteiger charge is -1.99. The quantitative estimate of drug-likeness (QED) is 0.458. The molecule has 0 radical (unpaired) electrons. The SMILES string of the molecule is C=CCNCC(=O)O.CCCCOCCCC. The molecule has 0 saturated carbocycles. The summed E-state index contributed by atoms with van der Waals surface area (Å²) < 4.78 is 5.31. The van der Waals surface area contributed by atoms with Gasteiger partial charge in [-0.2, -0.15) is 0 Å². The van der Waals surface area contributed by atoms with Gasteiger partial charge in [0, 0.05) is 19.8 Å². The maximum Gasteiger partial charge on any atom is 0.317 e. The van der Waals surface area contributed by atoms with E-state index in [1.54, 1.807) is 6.08 Å². The Hall–Kier alpha value is -0.870. The highest BCUT2D eigenvalue weighted by Gasteiger charge is 1.89. The molecule has 0 heterocycles. The molecule has 0 spiro atoms. The Morgan fingerprint density at radius 3 is 2.18 bits per heavy atom. The number of ether oxygens (including phenoxy) is 1. The third-order valence-electron chi connectivity index (χ3n) is 1.85. The molecular weight excluding hydrogens is 218 g/mol. The molecule has 0 amide bonds. The summed E-state index contributed by atoms with van der Waals surface area (Å²) in [5, 5.41) is 10.7. The van der Waals surface area contributed by atoms with Crippen LogP contribution in [0.5, 0.6) is 0 Å². The Morgan fingerprint density at radius 1 is 1.29 bits per heavy atom. The van der Waals surface area contributed by atoms with Crippen LogP contribution < -0.4 is 5.32 Å². The van der Waals surface area contributed by atoms with Gasteiger partial charge in [-0.15, -0.1) is 6.58 Å². The number of carboxylic acids is 1. The summed E-state index contributed by atoms with van der Waals surface area (Å²) >= 11 is 0. The Kier molecular flexibility index (Phi) is 19.1. The molecule has 0 saturated heterocycles. The normalized spacial score (nSPS) is 9.29. The van der Waals surface area contributed by atoms with E-state index in [0.717, 1.165) is 13.2 Å². The summed E-state index contributed by atoms with van der Waals surface area (Å²) in [5.74, 6) is -0.841. The summed E-state index contributed by atoms with van der Waals surface area (Å²) in [4.78, 5) is 9.78. The Bertz CT molecular complexity index is 166. The molecule has 0 atom stereocenters. The topological polar surface area (TPSA) is 58.6 Å². The van der Waals surface area contributed by atoms with E-state index in [-0.39, 0.29) is 6.54 Å². The highest BCUT2D eigenvalue weighted by molar-refractivity contribution is 5.68. The van der Waals surface area contributed by atoms with Crippen molar-refractivity contribution in [3.63, 3.8) is 0 Å². The van der Waals surface area contributed by atoms with Crippen LogP contribution >= 0.6 is 0 Å². The zero-order valence-corrected chi connectivity index (χ0v) is 11.2. The first-order valence-electron chi connectivity index (χ1n) is 6.30. The van der Waals surface area contributed by atoms with E-state index < -0.39 is 5.97 Å². The van der Waals surface area contributed by atoms with E-state index in [4.69, 9.17) is 9.84 Å². The van der Waals surface area contributed by atoms with Crippen molar-refractivity contribution in [2.24, 2.45) is 0 Å². The zero-order valence-electron chi connectivity index (χ0n) is 11.2. The van der Waals surface area contributed by atoms with Crippen LogP contribution in [0.3, 0.4) is 0 Å². The first kappa shape index (κ1) is 18.5. The Balaban J connectivity index is 0. The highest BCUT2D eigenvalue weighted by atomic mass is 16.5. The van der Waals surface area contributed by atoms with E-state index in [2.05, 4.69) is 25.7 Å². The van der Waals surface area contributed by atoms with Crippen LogP contribution in [0.15, 0.2) is 12.7 Å². The van der Waals surface area contributed by atoms with E-state index >= 15 is 0 Å². The van der Waals surface area contributed by atoms with Crippen molar-refractivity contribution >= 4 is 5.97 Å². The summed E-state index contributed by atoms with van der Waals surface area (Å²) in [6.45, 7) is 10.2.